The second-order valence-electron chi connectivity index (χ2n) is 4.69. The van der Waals surface area contributed by atoms with Crippen molar-refractivity contribution in [3.05, 3.63) is 23.7 Å². The molecule has 1 aromatic heterocycles. The number of methoxy groups -OCH3 is 2. The van der Waals surface area contributed by atoms with E-state index in [0.717, 1.165) is 31.9 Å². The molecule has 1 fully saturated rings. The molecule has 1 aliphatic heterocycles. The number of likely N-dealkylation sites (tertiary alicyclic amines) is 1. The molecule has 102 valence electrons. The van der Waals surface area contributed by atoms with Crippen LogP contribution in [0, 0.1) is 0 Å². The third-order valence-electron chi connectivity index (χ3n) is 3.36. The summed E-state index contributed by atoms with van der Waals surface area (Å²) in [6.45, 7) is 3.42. The van der Waals surface area contributed by atoms with Gasteiger partial charge in [0.1, 0.15) is 5.76 Å². The van der Waals surface area contributed by atoms with Gasteiger partial charge in [-0.1, -0.05) is 0 Å². The molecule has 2 unspecified atom stereocenters. The largest absolute Gasteiger partial charge is 0.468 e. The standard InChI is InChI=1S/C13H22N2O3/c1-14-5-10-4-11(18-9-10)6-15-7-12(16-2)13(8-15)17-3/h4,9,12-14H,5-8H2,1-3H3. The Kier molecular flexibility index (Phi) is 4.77. The highest BCUT2D eigenvalue weighted by atomic mass is 16.5. The SMILES string of the molecule is CNCc1coc(CN2CC(OC)C(OC)C2)c1. The van der Waals surface area contributed by atoms with Crippen LogP contribution in [0.4, 0.5) is 0 Å². The number of furan rings is 1. The molecule has 0 amide bonds. The van der Waals surface area contributed by atoms with Gasteiger partial charge in [0.2, 0.25) is 0 Å². The van der Waals surface area contributed by atoms with Gasteiger partial charge in [0.05, 0.1) is 25.0 Å². The van der Waals surface area contributed by atoms with Crippen LogP contribution >= 0.6 is 0 Å². The fourth-order valence-corrected chi connectivity index (χ4v) is 2.43. The number of hydrogen-bond acceptors (Lipinski definition) is 5. The minimum absolute atomic E-state index is 0.154. The Bertz CT molecular complexity index is 355. The summed E-state index contributed by atoms with van der Waals surface area (Å²) in [5.74, 6) is 0.992. The predicted octanol–water partition coefficient (Wildman–Crippen LogP) is 0.845. The third kappa shape index (κ3) is 3.11. The number of ether oxygens (including phenoxy) is 2. The molecule has 0 radical (unpaired) electrons. The first kappa shape index (κ1) is 13.5. The van der Waals surface area contributed by atoms with Crippen LogP contribution in [0.5, 0.6) is 0 Å². The third-order valence-corrected chi connectivity index (χ3v) is 3.36. The first-order chi connectivity index (χ1) is 8.76. The van der Waals surface area contributed by atoms with Crippen molar-refractivity contribution in [2.45, 2.75) is 25.3 Å². The summed E-state index contributed by atoms with van der Waals surface area (Å²) in [4.78, 5) is 2.30. The molecule has 1 saturated heterocycles. The summed E-state index contributed by atoms with van der Waals surface area (Å²) in [5, 5.41) is 3.11. The van der Waals surface area contributed by atoms with Crippen molar-refractivity contribution in [3.8, 4) is 0 Å². The van der Waals surface area contributed by atoms with Crippen molar-refractivity contribution < 1.29 is 13.9 Å². The predicted molar refractivity (Wildman–Crippen MR) is 68.3 cm³/mol. The van der Waals surface area contributed by atoms with Crippen molar-refractivity contribution in [1.29, 1.82) is 0 Å². The van der Waals surface area contributed by atoms with Gasteiger partial charge in [-0.2, -0.15) is 0 Å². The van der Waals surface area contributed by atoms with Crippen LogP contribution in [-0.2, 0) is 22.6 Å². The summed E-state index contributed by atoms with van der Waals surface area (Å²) < 4.78 is 16.4. The van der Waals surface area contributed by atoms with Crippen molar-refractivity contribution in [3.63, 3.8) is 0 Å². The second-order valence-corrected chi connectivity index (χ2v) is 4.69. The van der Waals surface area contributed by atoms with E-state index in [-0.39, 0.29) is 12.2 Å². The minimum atomic E-state index is 0.154. The Balaban J connectivity index is 1.89. The number of nitrogens with zero attached hydrogens (tertiary/aromatic N) is 1. The normalized spacial score (nSPS) is 24.8. The molecular formula is C13H22N2O3. The quantitative estimate of drug-likeness (QED) is 0.815. The van der Waals surface area contributed by atoms with E-state index in [1.54, 1.807) is 14.2 Å². The van der Waals surface area contributed by atoms with Crippen LogP contribution in [0.1, 0.15) is 11.3 Å². The van der Waals surface area contributed by atoms with Gasteiger partial charge in [-0.05, 0) is 13.1 Å². The summed E-state index contributed by atoms with van der Waals surface area (Å²) >= 11 is 0. The second kappa shape index (κ2) is 6.33. The van der Waals surface area contributed by atoms with Crippen LogP contribution < -0.4 is 5.32 Å². The van der Waals surface area contributed by atoms with E-state index < -0.39 is 0 Å². The van der Waals surface area contributed by atoms with Crippen molar-refractivity contribution in [1.82, 2.24) is 10.2 Å². The molecule has 0 bridgehead atoms. The maximum absolute atomic E-state index is 5.55. The molecule has 5 heteroatoms. The highest BCUT2D eigenvalue weighted by Gasteiger charge is 2.33. The van der Waals surface area contributed by atoms with E-state index in [0.29, 0.717) is 0 Å². The van der Waals surface area contributed by atoms with E-state index in [9.17, 15) is 0 Å². The summed E-state index contributed by atoms with van der Waals surface area (Å²) in [6.07, 6.45) is 2.12. The summed E-state index contributed by atoms with van der Waals surface area (Å²) in [6, 6.07) is 2.10. The van der Waals surface area contributed by atoms with E-state index in [1.165, 1.54) is 5.56 Å². The van der Waals surface area contributed by atoms with Crippen molar-refractivity contribution >= 4 is 0 Å². The lowest BCUT2D eigenvalue weighted by Crippen LogP contribution is -2.27. The van der Waals surface area contributed by atoms with Crippen LogP contribution in [-0.4, -0.2) is 51.5 Å². The Morgan fingerprint density at radius 3 is 2.56 bits per heavy atom. The molecule has 0 saturated carbocycles. The molecular weight excluding hydrogens is 232 g/mol. The Morgan fingerprint density at radius 1 is 1.33 bits per heavy atom. The van der Waals surface area contributed by atoms with Crippen LogP contribution in [0.15, 0.2) is 16.7 Å². The van der Waals surface area contributed by atoms with Gasteiger partial charge in [-0.25, -0.2) is 0 Å². The molecule has 2 atom stereocenters. The van der Waals surface area contributed by atoms with Gasteiger partial charge in [-0.15, -0.1) is 0 Å². The molecule has 2 rings (SSSR count). The van der Waals surface area contributed by atoms with Gasteiger partial charge in [0, 0.05) is 39.4 Å². The molecule has 2 heterocycles. The fourth-order valence-electron chi connectivity index (χ4n) is 2.43. The van der Waals surface area contributed by atoms with Gasteiger partial charge in [-0.3, -0.25) is 4.90 Å². The molecule has 0 aliphatic carbocycles. The Morgan fingerprint density at radius 2 is 2.00 bits per heavy atom. The Labute approximate surface area is 108 Å². The number of nitrogens with one attached hydrogen (secondary N) is 1. The maximum atomic E-state index is 5.55. The average Bonchev–Trinajstić information content (AvgIpc) is 2.97. The van der Waals surface area contributed by atoms with Crippen LogP contribution in [0.25, 0.3) is 0 Å². The first-order valence-electron chi connectivity index (χ1n) is 6.25. The first-order valence-corrected chi connectivity index (χ1v) is 6.25. The number of hydrogen-bond donors (Lipinski definition) is 1. The maximum Gasteiger partial charge on any atom is 0.118 e. The monoisotopic (exact) mass is 254 g/mol. The molecule has 0 spiro atoms. The summed E-state index contributed by atoms with van der Waals surface area (Å²) in [5.41, 5.74) is 1.18. The summed E-state index contributed by atoms with van der Waals surface area (Å²) in [7, 11) is 5.40. The van der Waals surface area contributed by atoms with Crippen LogP contribution in [0.2, 0.25) is 0 Å². The molecule has 0 aromatic carbocycles. The van der Waals surface area contributed by atoms with E-state index >= 15 is 0 Å². The highest BCUT2D eigenvalue weighted by molar-refractivity contribution is 5.12. The van der Waals surface area contributed by atoms with E-state index in [4.69, 9.17) is 13.9 Å². The fraction of sp³-hybridized carbons (Fsp3) is 0.692. The molecule has 5 nitrogen and oxygen atoms in total. The highest BCUT2D eigenvalue weighted by Crippen LogP contribution is 2.19. The molecule has 18 heavy (non-hydrogen) atoms. The van der Waals surface area contributed by atoms with Gasteiger partial charge < -0.3 is 19.2 Å². The van der Waals surface area contributed by atoms with Crippen molar-refractivity contribution in [2.24, 2.45) is 0 Å². The Hall–Kier alpha value is -0.880. The minimum Gasteiger partial charge on any atom is -0.468 e. The molecule has 1 aromatic rings. The lowest BCUT2D eigenvalue weighted by atomic mass is 10.3. The van der Waals surface area contributed by atoms with Gasteiger partial charge >= 0.3 is 0 Å². The van der Waals surface area contributed by atoms with Crippen LogP contribution in [0.3, 0.4) is 0 Å². The average molecular weight is 254 g/mol. The van der Waals surface area contributed by atoms with Gasteiger partial charge in [0.25, 0.3) is 0 Å². The van der Waals surface area contributed by atoms with Gasteiger partial charge in [0.15, 0.2) is 0 Å². The number of rotatable bonds is 6. The van der Waals surface area contributed by atoms with E-state index in [1.807, 2.05) is 13.3 Å². The van der Waals surface area contributed by atoms with Crippen molar-refractivity contribution in [2.75, 3.05) is 34.4 Å². The lowest BCUT2D eigenvalue weighted by Gasteiger charge is -2.13. The molecule has 1 N–H and O–H groups in total. The zero-order valence-electron chi connectivity index (χ0n) is 11.3. The lowest BCUT2D eigenvalue weighted by molar-refractivity contribution is -0.00461. The topological polar surface area (TPSA) is 46.9 Å². The zero-order chi connectivity index (χ0) is 13.0. The molecule has 1 aliphatic rings. The van der Waals surface area contributed by atoms with E-state index in [2.05, 4.69) is 16.3 Å². The smallest absolute Gasteiger partial charge is 0.118 e. The zero-order valence-corrected chi connectivity index (χ0v) is 11.3.